The summed E-state index contributed by atoms with van der Waals surface area (Å²) in [6, 6.07) is 10.2. The van der Waals surface area contributed by atoms with Crippen LogP contribution in [0.4, 0.5) is 5.95 Å². The van der Waals surface area contributed by atoms with Crippen LogP contribution >= 0.6 is 0 Å². The van der Waals surface area contributed by atoms with Crippen molar-refractivity contribution in [1.82, 2.24) is 19.5 Å². The maximum Gasteiger partial charge on any atom is 0.334 e. The maximum atomic E-state index is 12.8. The quantitative estimate of drug-likeness (QED) is 0.553. The fourth-order valence-electron chi connectivity index (χ4n) is 2.63. The van der Waals surface area contributed by atoms with Gasteiger partial charge in [-0.1, -0.05) is 0 Å². The summed E-state index contributed by atoms with van der Waals surface area (Å²) in [6.07, 6.45) is 2.95. The van der Waals surface area contributed by atoms with Crippen molar-refractivity contribution in [2.75, 3.05) is 12.4 Å². The van der Waals surface area contributed by atoms with E-state index in [-0.39, 0.29) is 17.0 Å². The number of H-pyrrole nitrogens is 1. The van der Waals surface area contributed by atoms with Gasteiger partial charge < -0.3 is 14.5 Å². The van der Waals surface area contributed by atoms with Crippen LogP contribution in [0.5, 0.6) is 5.75 Å². The Balaban J connectivity index is 1.72. The number of nitrogens with zero attached hydrogens (tertiary/aromatic N) is 3. The van der Waals surface area contributed by atoms with Gasteiger partial charge in [0.15, 0.2) is 5.65 Å². The molecule has 3 heterocycles. The Bertz CT molecular complexity index is 1190. The minimum atomic E-state index is -0.589. The number of furan rings is 1. The summed E-state index contributed by atoms with van der Waals surface area (Å²) in [6.45, 7) is 0.381. The summed E-state index contributed by atoms with van der Waals surface area (Å²) < 4.78 is 11.3. The van der Waals surface area contributed by atoms with Gasteiger partial charge in [-0.2, -0.15) is 4.98 Å². The Morgan fingerprint density at radius 1 is 1.22 bits per heavy atom. The Kier molecular flexibility index (Phi) is 4.17. The SMILES string of the molecule is COc1ccc(-n2c(=O)[nH]c3nc(NCc4ccco4)ncc3c2=O)cc1. The maximum absolute atomic E-state index is 12.8. The molecule has 1 aromatic carbocycles. The third-order valence-electron chi connectivity index (χ3n) is 3.98. The largest absolute Gasteiger partial charge is 0.497 e. The van der Waals surface area contributed by atoms with Crippen molar-refractivity contribution < 1.29 is 9.15 Å². The van der Waals surface area contributed by atoms with Crippen LogP contribution in [0, 0.1) is 0 Å². The van der Waals surface area contributed by atoms with E-state index in [2.05, 4.69) is 20.3 Å². The zero-order valence-electron chi connectivity index (χ0n) is 14.3. The van der Waals surface area contributed by atoms with E-state index >= 15 is 0 Å². The average Bonchev–Trinajstić information content (AvgIpc) is 3.20. The Morgan fingerprint density at radius 3 is 2.74 bits per heavy atom. The molecule has 0 bridgehead atoms. The van der Waals surface area contributed by atoms with Gasteiger partial charge in [-0.15, -0.1) is 0 Å². The number of hydrogen-bond donors (Lipinski definition) is 2. The van der Waals surface area contributed by atoms with Crippen molar-refractivity contribution in [3.63, 3.8) is 0 Å². The summed E-state index contributed by atoms with van der Waals surface area (Å²) in [5.41, 5.74) is -0.513. The molecule has 0 radical (unpaired) electrons. The molecule has 0 amide bonds. The normalized spacial score (nSPS) is 10.9. The van der Waals surface area contributed by atoms with E-state index in [9.17, 15) is 9.59 Å². The number of fused-ring (bicyclic) bond motifs is 1. The Hall–Kier alpha value is -3.88. The fourth-order valence-corrected chi connectivity index (χ4v) is 2.63. The lowest BCUT2D eigenvalue weighted by Crippen LogP contribution is -2.34. The second kappa shape index (κ2) is 6.79. The van der Waals surface area contributed by atoms with E-state index in [0.29, 0.717) is 23.7 Å². The lowest BCUT2D eigenvalue weighted by Gasteiger charge is -2.08. The van der Waals surface area contributed by atoms with Crippen molar-refractivity contribution in [2.45, 2.75) is 6.54 Å². The van der Waals surface area contributed by atoms with Crippen LogP contribution in [0.1, 0.15) is 5.76 Å². The predicted octanol–water partition coefficient (Wildman–Crippen LogP) is 1.68. The highest BCUT2D eigenvalue weighted by Crippen LogP contribution is 2.13. The summed E-state index contributed by atoms with van der Waals surface area (Å²) in [4.78, 5) is 36.2. The van der Waals surface area contributed by atoms with Crippen molar-refractivity contribution in [3.05, 3.63) is 75.5 Å². The van der Waals surface area contributed by atoms with Crippen LogP contribution in [0.25, 0.3) is 16.7 Å². The number of benzene rings is 1. The first-order valence-electron chi connectivity index (χ1n) is 8.08. The standard InChI is InChI=1S/C18H15N5O4/c1-26-12-6-4-11(5-7-12)23-16(24)14-10-20-17(21-15(14)22-18(23)25)19-9-13-3-2-8-27-13/h2-8,10H,9H2,1H3,(H2,19,20,21,22,25). The summed E-state index contributed by atoms with van der Waals surface area (Å²) >= 11 is 0. The molecule has 0 saturated heterocycles. The van der Waals surface area contributed by atoms with E-state index < -0.39 is 11.2 Å². The van der Waals surface area contributed by atoms with Gasteiger partial charge in [0, 0.05) is 6.20 Å². The monoisotopic (exact) mass is 365 g/mol. The number of nitrogens with one attached hydrogen (secondary N) is 2. The zero-order chi connectivity index (χ0) is 18.8. The second-order valence-corrected chi connectivity index (χ2v) is 5.66. The van der Waals surface area contributed by atoms with E-state index in [1.54, 1.807) is 43.7 Å². The highest BCUT2D eigenvalue weighted by atomic mass is 16.5. The average molecular weight is 365 g/mol. The highest BCUT2D eigenvalue weighted by molar-refractivity contribution is 5.73. The summed E-state index contributed by atoms with van der Waals surface area (Å²) in [7, 11) is 1.54. The van der Waals surface area contributed by atoms with Gasteiger partial charge in [-0.05, 0) is 36.4 Å². The minimum absolute atomic E-state index is 0.159. The van der Waals surface area contributed by atoms with E-state index in [1.807, 2.05) is 6.07 Å². The van der Waals surface area contributed by atoms with Gasteiger partial charge in [0.1, 0.15) is 16.9 Å². The number of ether oxygens (including phenoxy) is 1. The first kappa shape index (κ1) is 16.6. The fraction of sp³-hybridized carbons (Fsp3) is 0.111. The molecule has 0 aliphatic heterocycles. The molecule has 0 atom stereocenters. The molecule has 0 spiro atoms. The van der Waals surface area contributed by atoms with Crippen LogP contribution in [0.2, 0.25) is 0 Å². The second-order valence-electron chi connectivity index (χ2n) is 5.66. The first-order valence-corrected chi connectivity index (χ1v) is 8.08. The van der Waals surface area contributed by atoms with Crippen LogP contribution in [0.15, 0.2) is 62.9 Å². The predicted molar refractivity (Wildman–Crippen MR) is 98.3 cm³/mol. The number of anilines is 1. The number of hydrogen-bond acceptors (Lipinski definition) is 7. The Labute approximate surface area is 152 Å². The minimum Gasteiger partial charge on any atom is -0.497 e. The Morgan fingerprint density at radius 2 is 2.04 bits per heavy atom. The number of rotatable bonds is 5. The molecule has 0 aliphatic carbocycles. The molecule has 2 N–H and O–H groups in total. The van der Waals surface area contributed by atoms with E-state index in [4.69, 9.17) is 9.15 Å². The molecule has 0 aliphatic rings. The van der Waals surface area contributed by atoms with Crippen LogP contribution < -0.4 is 21.3 Å². The van der Waals surface area contributed by atoms with Gasteiger partial charge in [0.25, 0.3) is 5.56 Å². The summed E-state index contributed by atoms with van der Waals surface area (Å²) in [5, 5.41) is 3.18. The molecule has 9 nitrogen and oxygen atoms in total. The molecule has 3 aromatic heterocycles. The molecule has 0 unspecified atom stereocenters. The van der Waals surface area contributed by atoms with Gasteiger partial charge >= 0.3 is 5.69 Å². The molecular weight excluding hydrogens is 350 g/mol. The number of aromatic amines is 1. The summed E-state index contributed by atoms with van der Waals surface area (Å²) in [5.74, 6) is 1.61. The van der Waals surface area contributed by atoms with Crippen molar-refractivity contribution in [1.29, 1.82) is 0 Å². The molecule has 4 rings (SSSR count). The number of aromatic nitrogens is 4. The third kappa shape index (κ3) is 3.17. The van der Waals surface area contributed by atoms with E-state index in [1.165, 1.54) is 6.20 Å². The van der Waals surface area contributed by atoms with Crippen LogP contribution in [-0.4, -0.2) is 26.6 Å². The van der Waals surface area contributed by atoms with Gasteiger partial charge in [-0.3, -0.25) is 9.78 Å². The number of methoxy groups -OCH3 is 1. The third-order valence-corrected chi connectivity index (χ3v) is 3.98. The van der Waals surface area contributed by atoms with Gasteiger partial charge in [0.05, 0.1) is 25.6 Å². The van der Waals surface area contributed by atoms with E-state index in [0.717, 1.165) is 4.57 Å². The highest BCUT2D eigenvalue weighted by Gasteiger charge is 2.12. The van der Waals surface area contributed by atoms with Crippen molar-refractivity contribution in [2.24, 2.45) is 0 Å². The molecule has 136 valence electrons. The lowest BCUT2D eigenvalue weighted by atomic mass is 10.3. The zero-order valence-corrected chi connectivity index (χ0v) is 14.3. The lowest BCUT2D eigenvalue weighted by molar-refractivity contribution is 0.414. The topological polar surface area (TPSA) is 115 Å². The van der Waals surface area contributed by atoms with Crippen LogP contribution in [-0.2, 0) is 6.54 Å². The smallest absolute Gasteiger partial charge is 0.334 e. The molecular formula is C18H15N5O4. The van der Waals surface area contributed by atoms with Gasteiger partial charge in [0.2, 0.25) is 5.95 Å². The van der Waals surface area contributed by atoms with Crippen LogP contribution in [0.3, 0.4) is 0 Å². The molecule has 27 heavy (non-hydrogen) atoms. The molecule has 4 aromatic rings. The first-order chi connectivity index (χ1) is 13.2. The van der Waals surface area contributed by atoms with Crippen molar-refractivity contribution in [3.8, 4) is 11.4 Å². The molecule has 0 fully saturated rings. The van der Waals surface area contributed by atoms with Gasteiger partial charge in [-0.25, -0.2) is 14.3 Å². The molecule has 9 heteroatoms. The molecule has 0 saturated carbocycles. The van der Waals surface area contributed by atoms with Crippen molar-refractivity contribution >= 4 is 17.0 Å².